The van der Waals surface area contributed by atoms with Crippen LogP contribution in [0.3, 0.4) is 0 Å². The molecule has 1 rings (SSSR count). The molecule has 0 aliphatic rings. The second kappa shape index (κ2) is 6.03. The average Bonchev–Trinajstić information content (AvgIpc) is 2.72. The summed E-state index contributed by atoms with van der Waals surface area (Å²) in [7, 11) is 0. The summed E-state index contributed by atoms with van der Waals surface area (Å²) in [5.41, 5.74) is 5.37. The molecule has 1 heterocycles. The van der Waals surface area contributed by atoms with Crippen LogP contribution >= 0.6 is 0 Å². The molecule has 0 radical (unpaired) electrons. The van der Waals surface area contributed by atoms with E-state index in [2.05, 4.69) is 5.32 Å². The summed E-state index contributed by atoms with van der Waals surface area (Å²) in [6.07, 6.45) is 4.77. The average molecular weight is 208 g/mol. The third-order valence-corrected chi connectivity index (χ3v) is 1.92. The molecule has 82 valence electrons. The van der Waals surface area contributed by atoms with E-state index in [4.69, 9.17) is 10.2 Å². The molecule has 0 atom stereocenters. The van der Waals surface area contributed by atoms with Crippen molar-refractivity contribution >= 4 is 5.91 Å². The fourth-order valence-electron chi connectivity index (χ4n) is 1.13. The van der Waals surface area contributed by atoms with Gasteiger partial charge in [-0.05, 0) is 25.5 Å². The molecule has 1 aromatic heterocycles. The Labute approximate surface area is 89.1 Å². The van der Waals surface area contributed by atoms with Crippen LogP contribution in [0.5, 0.6) is 0 Å². The third-order valence-electron chi connectivity index (χ3n) is 1.92. The predicted octanol–water partition coefficient (Wildman–Crippen LogP) is 1.43. The van der Waals surface area contributed by atoms with Gasteiger partial charge in [0.15, 0.2) is 5.76 Å². The van der Waals surface area contributed by atoms with Crippen LogP contribution in [-0.4, -0.2) is 12.5 Å². The summed E-state index contributed by atoms with van der Waals surface area (Å²) in [5, 5.41) is 2.75. The maximum absolute atomic E-state index is 11.5. The van der Waals surface area contributed by atoms with Crippen molar-refractivity contribution in [3.8, 4) is 0 Å². The molecule has 0 saturated heterocycles. The molecule has 0 fully saturated rings. The lowest BCUT2D eigenvalue weighted by Crippen LogP contribution is -2.23. The summed E-state index contributed by atoms with van der Waals surface area (Å²) in [5.74, 6) is 0.740. The Morgan fingerprint density at radius 1 is 1.60 bits per heavy atom. The Morgan fingerprint density at radius 3 is 3.00 bits per heavy atom. The van der Waals surface area contributed by atoms with E-state index in [1.807, 2.05) is 19.1 Å². The predicted molar refractivity (Wildman–Crippen MR) is 58.4 cm³/mol. The van der Waals surface area contributed by atoms with E-state index in [9.17, 15) is 4.79 Å². The highest BCUT2D eigenvalue weighted by Crippen LogP contribution is 2.06. The molecular weight excluding hydrogens is 192 g/mol. The third kappa shape index (κ3) is 3.59. The van der Waals surface area contributed by atoms with Crippen molar-refractivity contribution in [2.45, 2.75) is 19.9 Å². The number of amides is 1. The van der Waals surface area contributed by atoms with Crippen molar-refractivity contribution in [1.29, 1.82) is 0 Å². The number of carbonyl (C=O) groups excluding carboxylic acids is 1. The van der Waals surface area contributed by atoms with Crippen LogP contribution in [0.15, 0.2) is 28.7 Å². The quantitative estimate of drug-likeness (QED) is 0.568. The molecule has 0 spiro atoms. The first-order chi connectivity index (χ1) is 7.27. The molecule has 0 unspecified atom stereocenters. The van der Waals surface area contributed by atoms with Crippen LogP contribution in [0.25, 0.3) is 0 Å². The van der Waals surface area contributed by atoms with Gasteiger partial charge in [-0.2, -0.15) is 0 Å². The van der Waals surface area contributed by atoms with Crippen LogP contribution in [0.1, 0.15) is 29.7 Å². The SMILES string of the molecule is C/C=C/CCNC(=O)c1ccc(CN)o1. The summed E-state index contributed by atoms with van der Waals surface area (Å²) in [6, 6.07) is 3.34. The number of carbonyl (C=O) groups is 1. The molecule has 0 aliphatic carbocycles. The van der Waals surface area contributed by atoms with E-state index in [0.717, 1.165) is 6.42 Å². The van der Waals surface area contributed by atoms with Crippen molar-refractivity contribution in [3.05, 3.63) is 35.8 Å². The Kier molecular flexibility index (Phi) is 4.63. The number of hydrogen-bond donors (Lipinski definition) is 2. The molecule has 0 aromatic carbocycles. The zero-order chi connectivity index (χ0) is 11.1. The van der Waals surface area contributed by atoms with Gasteiger partial charge < -0.3 is 15.5 Å². The lowest BCUT2D eigenvalue weighted by atomic mass is 10.3. The van der Waals surface area contributed by atoms with Crippen LogP contribution in [0, 0.1) is 0 Å². The maximum Gasteiger partial charge on any atom is 0.287 e. The highest BCUT2D eigenvalue weighted by Gasteiger charge is 2.08. The lowest BCUT2D eigenvalue weighted by molar-refractivity contribution is 0.0925. The van der Waals surface area contributed by atoms with Crippen LogP contribution < -0.4 is 11.1 Å². The number of hydrogen-bond acceptors (Lipinski definition) is 3. The fourth-order valence-corrected chi connectivity index (χ4v) is 1.13. The lowest BCUT2D eigenvalue weighted by Gasteiger charge is -1.99. The van der Waals surface area contributed by atoms with E-state index < -0.39 is 0 Å². The van der Waals surface area contributed by atoms with E-state index in [-0.39, 0.29) is 5.91 Å². The zero-order valence-corrected chi connectivity index (χ0v) is 8.82. The molecule has 0 bridgehead atoms. The fraction of sp³-hybridized carbons (Fsp3) is 0.364. The smallest absolute Gasteiger partial charge is 0.287 e. The molecule has 4 heteroatoms. The Morgan fingerprint density at radius 2 is 2.40 bits per heavy atom. The minimum absolute atomic E-state index is 0.195. The Hall–Kier alpha value is -1.55. The summed E-state index contributed by atoms with van der Waals surface area (Å²) < 4.78 is 5.20. The largest absolute Gasteiger partial charge is 0.455 e. The number of rotatable bonds is 5. The van der Waals surface area contributed by atoms with Gasteiger partial charge in [0.05, 0.1) is 6.54 Å². The Bertz CT molecular complexity index is 342. The second-order valence-electron chi connectivity index (χ2n) is 3.08. The molecule has 15 heavy (non-hydrogen) atoms. The van der Waals surface area contributed by atoms with Crippen molar-refractivity contribution in [1.82, 2.24) is 5.32 Å². The normalized spacial score (nSPS) is 10.8. The van der Waals surface area contributed by atoms with Gasteiger partial charge in [-0.1, -0.05) is 12.2 Å². The van der Waals surface area contributed by atoms with Gasteiger partial charge in [0.2, 0.25) is 0 Å². The van der Waals surface area contributed by atoms with Gasteiger partial charge in [0, 0.05) is 6.54 Å². The molecule has 0 saturated carbocycles. The van der Waals surface area contributed by atoms with Gasteiger partial charge in [-0.3, -0.25) is 4.79 Å². The monoisotopic (exact) mass is 208 g/mol. The Balaban J connectivity index is 2.39. The number of allylic oxidation sites excluding steroid dienone is 1. The number of furan rings is 1. The first-order valence-electron chi connectivity index (χ1n) is 4.96. The maximum atomic E-state index is 11.5. The number of nitrogens with two attached hydrogens (primary N) is 1. The van der Waals surface area contributed by atoms with E-state index in [1.165, 1.54) is 0 Å². The zero-order valence-electron chi connectivity index (χ0n) is 8.82. The molecule has 1 amide bonds. The molecule has 4 nitrogen and oxygen atoms in total. The van der Waals surface area contributed by atoms with Crippen LogP contribution in [0.2, 0.25) is 0 Å². The topological polar surface area (TPSA) is 68.3 Å². The summed E-state index contributed by atoms with van der Waals surface area (Å²) in [6.45, 7) is 2.87. The van der Waals surface area contributed by atoms with Gasteiger partial charge in [-0.25, -0.2) is 0 Å². The molecule has 3 N–H and O–H groups in total. The molecule has 0 aliphatic heterocycles. The van der Waals surface area contributed by atoms with Crippen LogP contribution in [0.4, 0.5) is 0 Å². The number of nitrogens with one attached hydrogen (secondary N) is 1. The summed E-state index contributed by atoms with van der Waals surface area (Å²) >= 11 is 0. The second-order valence-corrected chi connectivity index (χ2v) is 3.08. The standard InChI is InChI=1S/C11H16N2O2/c1-2-3-4-7-13-11(14)10-6-5-9(8-12)15-10/h2-3,5-6H,4,7-8,12H2,1H3,(H,13,14)/b3-2+. The van der Waals surface area contributed by atoms with Gasteiger partial charge >= 0.3 is 0 Å². The molecular formula is C11H16N2O2. The van der Waals surface area contributed by atoms with Gasteiger partial charge in [0.1, 0.15) is 5.76 Å². The highest BCUT2D eigenvalue weighted by atomic mass is 16.4. The van der Waals surface area contributed by atoms with Crippen molar-refractivity contribution in [3.63, 3.8) is 0 Å². The summed E-state index contributed by atoms with van der Waals surface area (Å²) in [4.78, 5) is 11.5. The van der Waals surface area contributed by atoms with Gasteiger partial charge in [-0.15, -0.1) is 0 Å². The minimum Gasteiger partial charge on any atom is -0.455 e. The van der Waals surface area contributed by atoms with Crippen molar-refractivity contribution in [2.24, 2.45) is 5.73 Å². The highest BCUT2D eigenvalue weighted by molar-refractivity contribution is 5.91. The minimum atomic E-state index is -0.195. The van der Waals surface area contributed by atoms with Gasteiger partial charge in [0.25, 0.3) is 5.91 Å². The van der Waals surface area contributed by atoms with E-state index in [1.54, 1.807) is 12.1 Å². The van der Waals surface area contributed by atoms with Crippen LogP contribution in [-0.2, 0) is 6.54 Å². The first-order valence-corrected chi connectivity index (χ1v) is 4.96. The van der Waals surface area contributed by atoms with Crippen molar-refractivity contribution in [2.75, 3.05) is 6.54 Å². The van der Waals surface area contributed by atoms with Crippen molar-refractivity contribution < 1.29 is 9.21 Å². The van der Waals surface area contributed by atoms with E-state index in [0.29, 0.717) is 24.6 Å². The van der Waals surface area contributed by atoms with E-state index >= 15 is 0 Å². The first kappa shape index (κ1) is 11.5. The molecule has 1 aromatic rings.